The molecular formula is C23H39IN4O3. The van der Waals surface area contributed by atoms with Crippen molar-refractivity contribution in [2.24, 2.45) is 4.99 Å². The molecule has 0 atom stereocenters. The van der Waals surface area contributed by atoms with Gasteiger partial charge in [0.25, 0.3) is 0 Å². The number of halogens is 1. The second-order valence-corrected chi connectivity index (χ2v) is 7.63. The second kappa shape index (κ2) is 15.2. The van der Waals surface area contributed by atoms with E-state index in [0.717, 1.165) is 56.2 Å². The van der Waals surface area contributed by atoms with Crippen molar-refractivity contribution < 1.29 is 14.3 Å². The minimum absolute atomic E-state index is 0. The Kier molecular flexibility index (Phi) is 13.4. The van der Waals surface area contributed by atoms with Crippen molar-refractivity contribution >= 4 is 35.8 Å². The van der Waals surface area contributed by atoms with Gasteiger partial charge in [0.15, 0.2) is 17.5 Å². The molecule has 7 nitrogen and oxygen atoms in total. The number of hydrogen-bond acceptors (Lipinski definition) is 4. The van der Waals surface area contributed by atoms with E-state index in [2.05, 4.69) is 22.5 Å². The summed E-state index contributed by atoms with van der Waals surface area (Å²) in [6, 6.07) is 4.02. The fourth-order valence-corrected chi connectivity index (χ4v) is 3.68. The van der Waals surface area contributed by atoms with Crippen LogP contribution in [0.5, 0.6) is 11.5 Å². The molecule has 1 aromatic rings. The molecule has 31 heavy (non-hydrogen) atoms. The number of nitrogens with zero attached hydrogens (tertiary/aromatic N) is 2. The number of amides is 1. The predicted molar refractivity (Wildman–Crippen MR) is 137 cm³/mol. The van der Waals surface area contributed by atoms with Crippen LogP contribution < -0.4 is 20.1 Å². The third kappa shape index (κ3) is 8.74. The van der Waals surface area contributed by atoms with Crippen LogP contribution >= 0.6 is 24.0 Å². The number of rotatable bonds is 11. The predicted octanol–water partition coefficient (Wildman–Crippen LogP) is 3.73. The lowest BCUT2D eigenvalue weighted by Crippen LogP contribution is -2.39. The van der Waals surface area contributed by atoms with E-state index in [9.17, 15) is 4.79 Å². The number of hydrogen-bond donors (Lipinski definition) is 2. The zero-order chi connectivity index (χ0) is 21.8. The molecule has 1 heterocycles. The first kappa shape index (κ1) is 27.3. The second-order valence-electron chi connectivity index (χ2n) is 7.63. The monoisotopic (exact) mass is 546 g/mol. The topological polar surface area (TPSA) is 75.2 Å². The third-order valence-electron chi connectivity index (χ3n) is 5.48. The lowest BCUT2D eigenvalue weighted by Gasteiger charge is -2.29. The number of ether oxygens (including phenoxy) is 2. The fraction of sp³-hybridized carbons (Fsp3) is 0.652. The molecule has 0 aromatic heterocycles. The van der Waals surface area contributed by atoms with Crippen molar-refractivity contribution in [2.75, 3.05) is 40.9 Å². The van der Waals surface area contributed by atoms with Gasteiger partial charge in [-0.05, 0) is 42.5 Å². The van der Waals surface area contributed by atoms with Gasteiger partial charge in [-0.3, -0.25) is 9.79 Å². The molecule has 1 aliphatic heterocycles. The maximum Gasteiger partial charge on any atom is 0.222 e. The molecule has 0 bridgehead atoms. The number of carbonyl (C=O) groups excluding carboxylic acids is 1. The van der Waals surface area contributed by atoms with E-state index in [1.165, 1.54) is 24.8 Å². The molecule has 2 N–H and O–H groups in total. The number of fused-ring (bicyclic) bond motifs is 1. The van der Waals surface area contributed by atoms with E-state index in [1.807, 2.05) is 17.0 Å². The highest BCUT2D eigenvalue weighted by atomic mass is 127. The Morgan fingerprint density at radius 1 is 1.03 bits per heavy atom. The number of methoxy groups -OCH3 is 2. The zero-order valence-electron chi connectivity index (χ0n) is 19.5. The van der Waals surface area contributed by atoms with Crippen LogP contribution in [0, 0.1) is 0 Å². The Labute approximate surface area is 204 Å². The van der Waals surface area contributed by atoms with E-state index in [4.69, 9.17) is 9.47 Å². The molecule has 1 amide bonds. The molecule has 8 heteroatoms. The van der Waals surface area contributed by atoms with Crippen molar-refractivity contribution in [1.82, 2.24) is 15.5 Å². The van der Waals surface area contributed by atoms with Gasteiger partial charge in [-0.25, -0.2) is 0 Å². The molecule has 1 aromatic carbocycles. The number of unbranched alkanes of at least 4 members (excludes halogenated alkanes) is 3. The van der Waals surface area contributed by atoms with Crippen LogP contribution in [0.4, 0.5) is 0 Å². The van der Waals surface area contributed by atoms with E-state index in [-0.39, 0.29) is 29.9 Å². The number of aliphatic imine (C=N–C) groups is 1. The van der Waals surface area contributed by atoms with Crippen molar-refractivity contribution in [3.05, 3.63) is 23.3 Å². The summed E-state index contributed by atoms with van der Waals surface area (Å²) in [6.45, 7) is 5.25. The lowest BCUT2D eigenvalue weighted by atomic mass is 9.98. The first-order valence-electron chi connectivity index (χ1n) is 11.1. The largest absolute Gasteiger partial charge is 0.493 e. The molecule has 0 aliphatic carbocycles. The van der Waals surface area contributed by atoms with Gasteiger partial charge in [0.2, 0.25) is 5.91 Å². The minimum Gasteiger partial charge on any atom is -0.493 e. The number of carbonyl (C=O) groups is 1. The Morgan fingerprint density at radius 2 is 1.68 bits per heavy atom. The SMILES string of the molecule is CCCCCCNC(=NC)NCCCC(=O)N1CCc2cc(OC)c(OC)cc2C1.I. The normalized spacial score (nSPS) is 13.2. The Hall–Kier alpha value is -1.71. The molecule has 0 radical (unpaired) electrons. The average Bonchev–Trinajstić information content (AvgIpc) is 2.78. The minimum atomic E-state index is 0. The van der Waals surface area contributed by atoms with Gasteiger partial charge >= 0.3 is 0 Å². The molecular weight excluding hydrogens is 507 g/mol. The molecule has 0 fully saturated rings. The first-order chi connectivity index (χ1) is 14.6. The summed E-state index contributed by atoms with van der Waals surface area (Å²) in [5, 5.41) is 6.63. The van der Waals surface area contributed by atoms with E-state index < -0.39 is 0 Å². The van der Waals surface area contributed by atoms with Crippen LogP contribution in [-0.4, -0.2) is 57.7 Å². The van der Waals surface area contributed by atoms with Crippen molar-refractivity contribution in [3.63, 3.8) is 0 Å². The maximum absolute atomic E-state index is 12.7. The molecule has 0 unspecified atom stereocenters. The third-order valence-corrected chi connectivity index (χ3v) is 5.48. The van der Waals surface area contributed by atoms with Crippen molar-refractivity contribution in [3.8, 4) is 11.5 Å². The summed E-state index contributed by atoms with van der Waals surface area (Å²) in [6.07, 6.45) is 7.07. The van der Waals surface area contributed by atoms with Gasteiger partial charge in [-0.1, -0.05) is 26.2 Å². The Bertz CT molecular complexity index is 712. The lowest BCUT2D eigenvalue weighted by molar-refractivity contribution is -0.132. The van der Waals surface area contributed by atoms with Crippen molar-refractivity contribution in [2.45, 2.75) is 58.4 Å². The van der Waals surface area contributed by atoms with E-state index >= 15 is 0 Å². The Balaban J connectivity index is 0.00000480. The zero-order valence-corrected chi connectivity index (χ0v) is 21.8. The summed E-state index contributed by atoms with van der Waals surface area (Å²) < 4.78 is 10.8. The van der Waals surface area contributed by atoms with E-state index in [1.54, 1.807) is 21.3 Å². The smallest absolute Gasteiger partial charge is 0.222 e. The Morgan fingerprint density at radius 3 is 2.29 bits per heavy atom. The highest BCUT2D eigenvalue weighted by Gasteiger charge is 2.22. The number of benzene rings is 1. The van der Waals surface area contributed by atoms with Crippen LogP contribution in [-0.2, 0) is 17.8 Å². The van der Waals surface area contributed by atoms with Crippen LogP contribution in [0.15, 0.2) is 17.1 Å². The van der Waals surface area contributed by atoms with E-state index in [0.29, 0.717) is 18.7 Å². The average molecular weight is 546 g/mol. The summed E-state index contributed by atoms with van der Waals surface area (Å²) in [7, 11) is 5.06. The van der Waals surface area contributed by atoms with Gasteiger partial charge in [0, 0.05) is 39.6 Å². The highest BCUT2D eigenvalue weighted by molar-refractivity contribution is 14.0. The summed E-state index contributed by atoms with van der Waals surface area (Å²) in [5.74, 6) is 2.46. The van der Waals surface area contributed by atoms with Crippen LogP contribution in [0.3, 0.4) is 0 Å². The molecule has 1 aliphatic rings. The molecule has 176 valence electrons. The number of nitrogens with one attached hydrogen (secondary N) is 2. The fourth-order valence-electron chi connectivity index (χ4n) is 3.68. The van der Waals surface area contributed by atoms with Gasteiger partial charge in [-0.2, -0.15) is 0 Å². The van der Waals surface area contributed by atoms with Gasteiger partial charge in [0.05, 0.1) is 14.2 Å². The highest BCUT2D eigenvalue weighted by Crippen LogP contribution is 2.33. The van der Waals surface area contributed by atoms with Gasteiger partial charge in [-0.15, -0.1) is 24.0 Å². The quantitative estimate of drug-likeness (QED) is 0.192. The van der Waals surface area contributed by atoms with Crippen LogP contribution in [0.1, 0.15) is 56.6 Å². The standard InChI is InChI=1S/C23H38N4O3.HI/c1-5-6-7-8-12-25-23(24-2)26-13-9-10-22(28)27-14-11-18-15-20(29-3)21(30-4)16-19(18)17-27;/h15-16H,5-14,17H2,1-4H3,(H2,24,25,26);1H. The maximum atomic E-state index is 12.7. The molecule has 0 saturated heterocycles. The molecule has 0 spiro atoms. The van der Waals surface area contributed by atoms with Crippen LogP contribution in [0.2, 0.25) is 0 Å². The number of guanidine groups is 1. The van der Waals surface area contributed by atoms with Crippen molar-refractivity contribution in [1.29, 1.82) is 0 Å². The van der Waals surface area contributed by atoms with Gasteiger partial charge < -0.3 is 25.0 Å². The first-order valence-corrected chi connectivity index (χ1v) is 11.1. The molecule has 2 rings (SSSR count). The molecule has 0 saturated carbocycles. The van der Waals surface area contributed by atoms with Gasteiger partial charge in [0.1, 0.15) is 0 Å². The van der Waals surface area contributed by atoms with Crippen LogP contribution in [0.25, 0.3) is 0 Å². The summed E-state index contributed by atoms with van der Waals surface area (Å²) >= 11 is 0. The summed E-state index contributed by atoms with van der Waals surface area (Å²) in [4.78, 5) is 18.9. The summed E-state index contributed by atoms with van der Waals surface area (Å²) in [5.41, 5.74) is 2.37.